The molecule has 1 saturated heterocycles. The number of unbranched alkanes of at least 4 members (excludes halogenated alkanes) is 3. The molecule has 3 amide bonds. The Morgan fingerprint density at radius 2 is 1.67 bits per heavy atom. The molecular weight excluding hydrogens is 918 g/mol. The van der Waals surface area contributed by atoms with E-state index in [-0.39, 0.29) is 61.8 Å². The fourth-order valence-corrected chi connectivity index (χ4v) is 10.8. The van der Waals surface area contributed by atoms with E-state index in [0.29, 0.717) is 44.4 Å². The Labute approximate surface area is 412 Å². The molecule has 0 radical (unpaired) electrons. The number of rotatable bonds is 19. The summed E-state index contributed by atoms with van der Waals surface area (Å²) in [6.45, 7) is 13.2. The van der Waals surface area contributed by atoms with Crippen LogP contribution in [-0.4, -0.2) is 104 Å². The molecule has 1 saturated carbocycles. The number of nitrogens with zero attached hydrogens (tertiary/aromatic N) is 3. The number of thiazole rings is 1. The molecule has 4 heterocycles. The molecule has 4 N–H and O–H groups in total. The predicted octanol–water partition coefficient (Wildman–Crippen LogP) is 9.26. The number of aromatic amines is 1. The third-order valence-electron chi connectivity index (χ3n) is 13.9. The van der Waals surface area contributed by atoms with Crippen LogP contribution in [0.15, 0.2) is 66.2 Å². The second-order valence-corrected chi connectivity index (χ2v) is 22.0. The number of H-pyrrole nitrogens is 1. The molecule has 2 aliphatic heterocycles. The van der Waals surface area contributed by atoms with Gasteiger partial charge in [-0.25, -0.2) is 18.2 Å². The number of carbonyl (C=O) groups is 3. The molecule has 3 aliphatic rings. The molecule has 3 aromatic carbocycles. The molecule has 376 valence electrons. The number of para-hydroxylation sites is 1. The van der Waals surface area contributed by atoms with Gasteiger partial charge in [0.15, 0.2) is 0 Å². The van der Waals surface area contributed by atoms with Gasteiger partial charge >= 0.3 is 0 Å². The highest BCUT2D eigenvalue weighted by molar-refractivity contribution is 7.13. The van der Waals surface area contributed by atoms with Crippen molar-refractivity contribution in [3.63, 3.8) is 0 Å². The zero-order chi connectivity index (χ0) is 50.1. The minimum Gasteiger partial charge on any atom is -0.493 e. The van der Waals surface area contributed by atoms with Crippen molar-refractivity contribution >= 4 is 40.0 Å². The van der Waals surface area contributed by atoms with Crippen molar-refractivity contribution in [1.82, 2.24) is 30.4 Å². The minimum atomic E-state index is -1.60. The monoisotopic (exact) mass is 984 g/mol. The molecule has 5 atom stereocenters. The Kier molecular flexibility index (Phi) is 15.2. The van der Waals surface area contributed by atoms with E-state index in [1.54, 1.807) is 11.3 Å². The lowest BCUT2D eigenvalue weighted by molar-refractivity contribution is -0.147. The number of amides is 3. The largest absolute Gasteiger partial charge is 0.493 e. The maximum absolute atomic E-state index is 16.1. The number of aromatic nitrogens is 2. The second kappa shape index (κ2) is 20.8. The van der Waals surface area contributed by atoms with Crippen LogP contribution < -0.4 is 15.4 Å². The molecule has 2 aromatic heterocycles. The van der Waals surface area contributed by atoms with E-state index in [9.17, 15) is 19.5 Å². The van der Waals surface area contributed by atoms with E-state index in [4.69, 9.17) is 9.47 Å². The van der Waals surface area contributed by atoms with Crippen LogP contribution in [0.4, 0.5) is 13.2 Å². The zero-order valence-electron chi connectivity index (χ0n) is 41.3. The van der Waals surface area contributed by atoms with E-state index in [1.165, 1.54) is 30.9 Å². The predicted molar refractivity (Wildman–Crippen MR) is 265 cm³/mol. The number of carbonyl (C=O) groups excluding carboxylic acids is 3. The number of aryl methyl sites for hydroxylation is 1. The van der Waals surface area contributed by atoms with E-state index in [0.717, 1.165) is 51.0 Å². The number of hydrogen-bond donors (Lipinski definition) is 4. The molecule has 2 fully saturated rings. The number of nitrogens with one attached hydrogen (secondary N) is 3. The summed E-state index contributed by atoms with van der Waals surface area (Å²) >= 11 is 1.57. The number of benzene rings is 3. The van der Waals surface area contributed by atoms with E-state index in [2.05, 4.69) is 20.6 Å². The Morgan fingerprint density at radius 3 is 2.31 bits per heavy atom. The fraction of sp³-hybridized carbons (Fsp3) is 0.519. The van der Waals surface area contributed by atoms with Crippen LogP contribution in [0.3, 0.4) is 0 Å². The van der Waals surface area contributed by atoms with Crippen LogP contribution in [0.5, 0.6) is 5.75 Å². The molecular formula is C54H67F3N6O6S. The van der Waals surface area contributed by atoms with Gasteiger partial charge < -0.3 is 35.1 Å². The summed E-state index contributed by atoms with van der Waals surface area (Å²) in [4.78, 5) is 53.6. The molecule has 0 spiro atoms. The van der Waals surface area contributed by atoms with Crippen molar-refractivity contribution in [2.24, 2.45) is 5.41 Å². The van der Waals surface area contributed by atoms with Gasteiger partial charge in [0.05, 0.1) is 34.8 Å². The highest BCUT2D eigenvalue weighted by Gasteiger charge is 2.54. The average Bonchev–Trinajstić information content (AvgIpc) is 3.58. The number of halogens is 3. The number of likely N-dealkylation sites (tertiary alicyclic amines) is 1. The number of hydrogen-bond acceptors (Lipinski definition) is 9. The maximum Gasteiger partial charge on any atom is 0.252 e. The SMILES string of the molecule is Cc1ncsc1-c1ccc(CNC(=O)[C@@H]2C[C@@H](O)CN2C(=O)[C@@H](NC(=O)C2(OCCCCCCOc3cc(F)c([C@@H]4c5[nH]c6ccccc6c5C[C@@H](C)N4CC(C)(C)F)c(F)c3)CC2)C(C)(C)C)cc1. The van der Waals surface area contributed by atoms with Crippen molar-refractivity contribution in [3.8, 4) is 16.2 Å². The van der Waals surface area contributed by atoms with Gasteiger partial charge in [0.2, 0.25) is 11.8 Å². The lowest BCUT2D eigenvalue weighted by atomic mass is 9.85. The second-order valence-electron chi connectivity index (χ2n) is 21.2. The first-order valence-corrected chi connectivity index (χ1v) is 25.5. The lowest BCUT2D eigenvalue weighted by Gasteiger charge is -2.43. The highest BCUT2D eigenvalue weighted by Crippen LogP contribution is 2.44. The topological polar surface area (TPSA) is 149 Å². The van der Waals surface area contributed by atoms with Gasteiger partial charge in [-0.15, -0.1) is 11.3 Å². The molecule has 16 heteroatoms. The third-order valence-corrected chi connectivity index (χ3v) is 14.9. The van der Waals surface area contributed by atoms with Crippen molar-refractivity contribution in [1.29, 1.82) is 0 Å². The van der Waals surface area contributed by atoms with Crippen molar-refractivity contribution in [2.45, 2.75) is 148 Å². The van der Waals surface area contributed by atoms with Gasteiger partial charge in [-0.1, -0.05) is 69.7 Å². The smallest absolute Gasteiger partial charge is 0.252 e. The Morgan fingerprint density at radius 1 is 0.986 bits per heavy atom. The standard InChI is InChI=1S/C54H67F3N6O6S/c1-32-24-39-38-14-10-11-15-42(38)60-45(39)46(63(32)30-53(6,7)57)44-40(55)26-37(27-41(44)56)68-22-12-8-9-13-23-69-54(20-21-54)51(67)61-48(52(3,4)5)50(66)62-29-36(64)25-43(62)49(65)58-28-34-16-18-35(19-17-34)47-33(2)59-31-70-47/h10-11,14-19,26-27,31-32,36,43,46,48,60,64H,8-9,12-13,20-25,28-30H2,1-7H3,(H,58,65)(H,61,67)/t32-,36-,43+,46-,48-/m1/s1. The van der Waals surface area contributed by atoms with E-state index < -0.39 is 58.5 Å². The molecule has 12 nitrogen and oxygen atoms in total. The van der Waals surface area contributed by atoms with Gasteiger partial charge in [0.1, 0.15) is 40.7 Å². The Bertz CT molecular complexity index is 2650. The zero-order valence-corrected chi connectivity index (χ0v) is 42.1. The molecule has 1 aliphatic carbocycles. The van der Waals surface area contributed by atoms with Crippen molar-refractivity contribution in [3.05, 3.63) is 106 Å². The van der Waals surface area contributed by atoms with Gasteiger partial charge in [0, 0.05) is 73.0 Å². The van der Waals surface area contributed by atoms with Crippen LogP contribution >= 0.6 is 11.3 Å². The molecule has 5 aromatic rings. The van der Waals surface area contributed by atoms with Crippen LogP contribution in [0.25, 0.3) is 21.3 Å². The number of ether oxygens (including phenoxy) is 2. The fourth-order valence-electron chi connectivity index (χ4n) is 10.0. The number of fused-ring (bicyclic) bond motifs is 3. The molecule has 0 bridgehead atoms. The van der Waals surface area contributed by atoms with Gasteiger partial charge in [-0.05, 0) is 94.4 Å². The van der Waals surface area contributed by atoms with Crippen molar-refractivity contribution < 1.29 is 42.1 Å². The summed E-state index contributed by atoms with van der Waals surface area (Å²) in [6, 6.07) is 15.1. The molecule has 70 heavy (non-hydrogen) atoms. The first-order chi connectivity index (χ1) is 33.2. The van der Waals surface area contributed by atoms with Gasteiger partial charge in [0.25, 0.3) is 5.91 Å². The lowest BCUT2D eigenvalue weighted by Crippen LogP contribution is -2.59. The highest BCUT2D eigenvalue weighted by atomic mass is 32.1. The maximum atomic E-state index is 16.1. The summed E-state index contributed by atoms with van der Waals surface area (Å²) < 4.78 is 59.5. The summed E-state index contributed by atoms with van der Waals surface area (Å²) in [5, 5.41) is 17.6. The Balaban J connectivity index is 0.800. The number of aliphatic hydroxyl groups excluding tert-OH is 1. The van der Waals surface area contributed by atoms with Crippen LogP contribution in [0, 0.1) is 24.0 Å². The van der Waals surface area contributed by atoms with E-state index in [1.807, 2.05) is 93.6 Å². The summed E-state index contributed by atoms with van der Waals surface area (Å²) in [6.07, 6.45) is 3.63. The Hall–Kier alpha value is -5.29. The summed E-state index contributed by atoms with van der Waals surface area (Å²) in [5.41, 5.74) is 3.70. The average molecular weight is 985 g/mol. The van der Waals surface area contributed by atoms with Gasteiger partial charge in [-0.3, -0.25) is 19.3 Å². The summed E-state index contributed by atoms with van der Waals surface area (Å²) in [5.74, 6) is -2.63. The first kappa shape index (κ1) is 51.1. The molecule has 8 rings (SSSR count). The van der Waals surface area contributed by atoms with Gasteiger partial charge in [-0.2, -0.15) is 0 Å². The van der Waals surface area contributed by atoms with Crippen LogP contribution in [-0.2, 0) is 32.1 Å². The number of alkyl halides is 1. The number of β-amino-alcohol motifs (C(OH)–C–C–N with tert-alkyl or cyclic N) is 1. The van der Waals surface area contributed by atoms with Crippen LogP contribution in [0.1, 0.15) is 121 Å². The summed E-state index contributed by atoms with van der Waals surface area (Å²) in [7, 11) is 0. The number of aliphatic hydroxyl groups is 1. The van der Waals surface area contributed by atoms with Crippen LogP contribution in [0.2, 0.25) is 0 Å². The molecule has 0 unspecified atom stereocenters. The third kappa shape index (κ3) is 11.4. The van der Waals surface area contributed by atoms with Crippen molar-refractivity contribution in [2.75, 3.05) is 26.3 Å². The van der Waals surface area contributed by atoms with E-state index >= 15 is 13.2 Å². The first-order valence-electron chi connectivity index (χ1n) is 24.6. The minimum absolute atomic E-state index is 0.00959. The quantitative estimate of drug-likeness (QED) is 0.0599. The normalized spacial score (nSPS) is 20.6.